The lowest BCUT2D eigenvalue weighted by molar-refractivity contribution is -0.115. The number of carbonyl (C=O) groups excluding carboxylic acids is 2. The number of hydrogen-bond donors (Lipinski definition) is 2. The van der Waals surface area contributed by atoms with E-state index in [4.69, 9.17) is 9.47 Å². The van der Waals surface area contributed by atoms with E-state index in [1.807, 2.05) is 19.1 Å². The van der Waals surface area contributed by atoms with Crippen LogP contribution in [0.1, 0.15) is 29.3 Å². The molecule has 6 heteroatoms. The van der Waals surface area contributed by atoms with Crippen LogP contribution in [-0.2, 0) is 4.79 Å². The zero-order chi connectivity index (χ0) is 17.8. The van der Waals surface area contributed by atoms with Crippen molar-refractivity contribution in [3.63, 3.8) is 0 Å². The number of nitrogens with one attached hydrogen (secondary N) is 2. The fourth-order valence-electron chi connectivity index (χ4n) is 2.46. The average Bonchev–Trinajstić information content (AvgIpc) is 2.63. The summed E-state index contributed by atoms with van der Waals surface area (Å²) in [6.07, 6.45) is 0.396. The van der Waals surface area contributed by atoms with E-state index in [9.17, 15) is 9.59 Å². The van der Waals surface area contributed by atoms with Gasteiger partial charge in [-0.05, 0) is 42.8 Å². The minimum atomic E-state index is -0.251. The Labute approximate surface area is 146 Å². The molecular formula is C19H20N2O4. The first kappa shape index (κ1) is 16.8. The molecule has 1 heterocycles. The molecule has 2 aromatic carbocycles. The number of ether oxygens (including phenoxy) is 2. The highest BCUT2D eigenvalue weighted by Gasteiger charge is 2.15. The van der Waals surface area contributed by atoms with E-state index in [0.717, 1.165) is 5.56 Å². The van der Waals surface area contributed by atoms with Crippen molar-refractivity contribution in [2.45, 2.75) is 20.3 Å². The summed E-state index contributed by atoms with van der Waals surface area (Å²) in [6, 6.07) is 10.5. The molecule has 0 spiro atoms. The molecule has 0 fully saturated rings. The summed E-state index contributed by atoms with van der Waals surface area (Å²) in [6.45, 7) is 4.66. The average molecular weight is 340 g/mol. The highest BCUT2D eigenvalue weighted by molar-refractivity contribution is 6.05. The van der Waals surface area contributed by atoms with Gasteiger partial charge >= 0.3 is 0 Å². The molecule has 6 nitrogen and oxygen atoms in total. The summed E-state index contributed by atoms with van der Waals surface area (Å²) in [7, 11) is 0. The van der Waals surface area contributed by atoms with E-state index in [1.54, 1.807) is 31.2 Å². The predicted octanol–water partition coefficient (Wildman–Crippen LogP) is 3.37. The van der Waals surface area contributed by atoms with Crippen molar-refractivity contribution in [1.29, 1.82) is 0 Å². The van der Waals surface area contributed by atoms with Crippen molar-refractivity contribution < 1.29 is 19.1 Å². The largest absolute Gasteiger partial charge is 0.486 e. The van der Waals surface area contributed by atoms with Crippen molar-refractivity contribution in [3.05, 3.63) is 47.5 Å². The SMILES string of the molecule is CCC(=O)Nc1ccc(C)c(NC(=O)c2ccc3c(c2)OCCO3)c1. The van der Waals surface area contributed by atoms with E-state index in [-0.39, 0.29) is 11.8 Å². The molecule has 0 atom stereocenters. The Hall–Kier alpha value is -3.02. The minimum Gasteiger partial charge on any atom is -0.486 e. The molecule has 130 valence electrons. The normalized spacial score (nSPS) is 12.4. The van der Waals surface area contributed by atoms with Crippen LogP contribution in [0.25, 0.3) is 0 Å². The molecule has 2 N–H and O–H groups in total. The lowest BCUT2D eigenvalue weighted by Gasteiger charge is -2.19. The number of carbonyl (C=O) groups is 2. The Morgan fingerprint density at radius 3 is 2.52 bits per heavy atom. The molecule has 0 aliphatic carbocycles. The quantitative estimate of drug-likeness (QED) is 0.895. The second-order valence-corrected chi connectivity index (χ2v) is 5.74. The number of hydrogen-bond acceptors (Lipinski definition) is 4. The van der Waals surface area contributed by atoms with Crippen LogP contribution < -0.4 is 20.1 Å². The van der Waals surface area contributed by atoms with Crippen LogP contribution in [0.3, 0.4) is 0 Å². The van der Waals surface area contributed by atoms with E-state index in [2.05, 4.69) is 10.6 Å². The summed E-state index contributed by atoms with van der Waals surface area (Å²) in [4.78, 5) is 24.1. The van der Waals surface area contributed by atoms with Crippen molar-refractivity contribution >= 4 is 23.2 Å². The van der Waals surface area contributed by atoms with Gasteiger partial charge in [0.15, 0.2) is 11.5 Å². The van der Waals surface area contributed by atoms with Crippen molar-refractivity contribution in [2.75, 3.05) is 23.8 Å². The fourth-order valence-corrected chi connectivity index (χ4v) is 2.46. The van der Waals surface area contributed by atoms with E-state index < -0.39 is 0 Å². The first-order valence-corrected chi connectivity index (χ1v) is 8.18. The number of benzene rings is 2. The summed E-state index contributed by atoms with van der Waals surface area (Å²) in [5, 5.41) is 5.66. The van der Waals surface area contributed by atoms with E-state index in [1.165, 1.54) is 0 Å². The standard InChI is InChI=1S/C19H20N2O4/c1-3-18(22)20-14-6-4-12(2)15(11-14)21-19(23)13-5-7-16-17(10-13)25-9-8-24-16/h4-7,10-11H,3,8-9H2,1-2H3,(H,20,22)(H,21,23). The molecular weight excluding hydrogens is 320 g/mol. The molecule has 3 rings (SSSR count). The molecule has 1 aliphatic rings. The topological polar surface area (TPSA) is 76.7 Å². The lowest BCUT2D eigenvalue weighted by Crippen LogP contribution is -2.17. The minimum absolute atomic E-state index is 0.0760. The Morgan fingerprint density at radius 1 is 1.00 bits per heavy atom. The monoisotopic (exact) mass is 340 g/mol. The maximum Gasteiger partial charge on any atom is 0.255 e. The second-order valence-electron chi connectivity index (χ2n) is 5.74. The zero-order valence-corrected chi connectivity index (χ0v) is 14.2. The molecule has 0 bridgehead atoms. The van der Waals surface area contributed by atoms with Gasteiger partial charge in [0.25, 0.3) is 5.91 Å². The molecule has 0 aromatic heterocycles. The molecule has 2 aromatic rings. The van der Waals surface area contributed by atoms with Crippen LogP contribution in [0.5, 0.6) is 11.5 Å². The molecule has 0 saturated heterocycles. The Morgan fingerprint density at radius 2 is 1.76 bits per heavy atom. The van der Waals surface area contributed by atoms with Gasteiger partial charge < -0.3 is 20.1 Å². The summed E-state index contributed by atoms with van der Waals surface area (Å²) >= 11 is 0. The Kier molecular flexibility index (Phi) is 4.88. The first-order valence-electron chi connectivity index (χ1n) is 8.18. The van der Waals surface area contributed by atoms with Gasteiger partial charge in [-0.15, -0.1) is 0 Å². The first-order chi connectivity index (χ1) is 12.1. The number of fused-ring (bicyclic) bond motifs is 1. The highest BCUT2D eigenvalue weighted by Crippen LogP contribution is 2.31. The molecule has 0 radical (unpaired) electrons. The van der Waals surface area contributed by atoms with Crippen LogP contribution in [0.15, 0.2) is 36.4 Å². The van der Waals surface area contributed by atoms with Gasteiger partial charge in [0.1, 0.15) is 13.2 Å². The summed E-state index contributed by atoms with van der Waals surface area (Å²) in [5.41, 5.74) is 2.68. The van der Waals surface area contributed by atoms with Gasteiger partial charge in [-0.2, -0.15) is 0 Å². The Bertz CT molecular complexity index is 817. The fraction of sp³-hybridized carbons (Fsp3) is 0.263. The summed E-state index contributed by atoms with van der Waals surface area (Å²) < 4.78 is 11.0. The van der Waals surface area contributed by atoms with Gasteiger partial charge in [0, 0.05) is 23.4 Å². The van der Waals surface area contributed by atoms with Gasteiger partial charge in [0.05, 0.1) is 0 Å². The van der Waals surface area contributed by atoms with Crippen molar-refractivity contribution in [1.82, 2.24) is 0 Å². The van der Waals surface area contributed by atoms with Gasteiger partial charge in [-0.25, -0.2) is 0 Å². The second kappa shape index (κ2) is 7.25. The van der Waals surface area contributed by atoms with Gasteiger partial charge in [-0.3, -0.25) is 9.59 Å². The maximum atomic E-state index is 12.5. The third-order valence-electron chi connectivity index (χ3n) is 3.90. The van der Waals surface area contributed by atoms with Crippen LogP contribution in [-0.4, -0.2) is 25.0 Å². The number of rotatable bonds is 4. The number of amides is 2. The smallest absolute Gasteiger partial charge is 0.255 e. The zero-order valence-electron chi connectivity index (χ0n) is 14.2. The van der Waals surface area contributed by atoms with Gasteiger partial charge in [-0.1, -0.05) is 13.0 Å². The molecule has 0 unspecified atom stereocenters. The third-order valence-corrected chi connectivity index (χ3v) is 3.90. The Balaban J connectivity index is 1.78. The highest BCUT2D eigenvalue weighted by atomic mass is 16.6. The number of anilines is 2. The molecule has 2 amide bonds. The van der Waals surface area contributed by atoms with E-state index in [0.29, 0.717) is 48.1 Å². The maximum absolute atomic E-state index is 12.5. The van der Waals surface area contributed by atoms with Crippen LogP contribution >= 0.6 is 0 Å². The lowest BCUT2D eigenvalue weighted by atomic mass is 10.1. The van der Waals surface area contributed by atoms with Gasteiger partial charge in [0.2, 0.25) is 5.91 Å². The predicted molar refractivity (Wildman–Crippen MR) is 95.5 cm³/mol. The summed E-state index contributed by atoms with van der Waals surface area (Å²) in [5.74, 6) is 0.884. The van der Waals surface area contributed by atoms with Crippen LogP contribution in [0.4, 0.5) is 11.4 Å². The van der Waals surface area contributed by atoms with Crippen molar-refractivity contribution in [3.8, 4) is 11.5 Å². The van der Waals surface area contributed by atoms with Crippen molar-refractivity contribution in [2.24, 2.45) is 0 Å². The van der Waals surface area contributed by atoms with E-state index >= 15 is 0 Å². The van der Waals surface area contributed by atoms with Crippen LogP contribution in [0.2, 0.25) is 0 Å². The van der Waals surface area contributed by atoms with Crippen LogP contribution in [0, 0.1) is 6.92 Å². The molecule has 1 aliphatic heterocycles. The molecule has 0 saturated carbocycles. The number of aryl methyl sites for hydroxylation is 1. The molecule has 25 heavy (non-hydrogen) atoms. The third kappa shape index (κ3) is 3.91.